The smallest absolute Gasteiger partial charge is 0.269 e. The largest absolute Gasteiger partial charge is 0.339 e. The molecular formula is C36H42N4O4. The summed E-state index contributed by atoms with van der Waals surface area (Å²) in [6.45, 7) is 7.15. The van der Waals surface area contributed by atoms with Gasteiger partial charge in [0.2, 0.25) is 5.91 Å². The van der Waals surface area contributed by atoms with Crippen LogP contribution < -0.4 is 0 Å². The first-order valence-corrected chi connectivity index (χ1v) is 15.6. The molecule has 2 amide bonds. The third-order valence-corrected chi connectivity index (χ3v) is 9.43. The van der Waals surface area contributed by atoms with Crippen molar-refractivity contribution in [3.05, 3.63) is 124 Å². The van der Waals surface area contributed by atoms with Crippen molar-refractivity contribution < 1.29 is 14.5 Å². The fourth-order valence-corrected chi connectivity index (χ4v) is 7.02. The zero-order chi connectivity index (χ0) is 31.1. The van der Waals surface area contributed by atoms with Crippen LogP contribution in [-0.2, 0) is 11.2 Å². The Hall–Kier alpha value is -4.30. The molecule has 3 unspecified atom stereocenters. The summed E-state index contributed by atoms with van der Waals surface area (Å²) in [6.07, 6.45) is 5.67. The van der Waals surface area contributed by atoms with Crippen molar-refractivity contribution in [2.24, 2.45) is 5.92 Å². The maximum atomic E-state index is 13.3. The van der Waals surface area contributed by atoms with Gasteiger partial charge >= 0.3 is 0 Å². The number of amides is 2. The molecule has 230 valence electrons. The second-order valence-electron chi connectivity index (χ2n) is 12.2. The SMILES string of the molecule is C=CCN(C(=O)Cc1ccc([N+](=O)[O-])cc1)C1CCN(CC2CC(N(C)C(=O)c3ccccc3)CC2c2ccccc2)CC1. The van der Waals surface area contributed by atoms with E-state index in [0.29, 0.717) is 18.4 Å². The topological polar surface area (TPSA) is 87.0 Å². The van der Waals surface area contributed by atoms with Gasteiger partial charge in [0.1, 0.15) is 0 Å². The predicted octanol–water partition coefficient (Wildman–Crippen LogP) is 5.95. The predicted molar refractivity (Wildman–Crippen MR) is 172 cm³/mol. The van der Waals surface area contributed by atoms with Crippen LogP contribution >= 0.6 is 0 Å². The fraction of sp³-hybridized carbons (Fsp3) is 0.389. The minimum Gasteiger partial charge on any atom is -0.339 e. The van der Waals surface area contributed by atoms with Gasteiger partial charge in [0.15, 0.2) is 0 Å². The maximum absolute atomic E-state index is 13.3. The van der Waals surface area contributed by atoms with Crippen molar-refractivity contribution in [3.63, 3.8) is 0 Å². The summed E-state index contributed by atoms with van der Waals surface area (Å²) >= 11 is 0. The fourth-order valence-electron chi connectivity index (χ4n) is 7.02. The normalized spacial score (nSPS) is 20.6. The van der Waals surface area contributed by atoms with E-state index in [1.54, 1.807) is 18.2 Å². The zero-order valence-electron chi connectivity index (χ0n) is 25.5. The Bertz CT molecular complexity index is 1420. The molecule has 8 heteroatoms. The highest BCUT2D eigenvalue weighted by Crippen LogP contribution is 2.42. The molecule has 0 radical (unpaired) electrons. The minimum atomic E-state index is -0.431. The lowest BCUT2D eigenvalue weighted by molar-refractivity contribution is -0.384. The van der Waals surface area contributed by atoms with Crippen molar-refractivity contribution in [2.75, 3.05) is 33.2 Å². The van der Waals surface area contributed by atoms with Crippen LogP contribution in [-0.4, -0.2) is 76.7 Å². The van der Waals surface area contributed by atoms with Gasteiger partial charge < -0.3 is 14.7 Å². The van der Waals surface area contributed by atoms with Crippen LogP contribution in [0.3, 0.4) is 0 Å². The maximum Gasteiger partial charge on any atom is 0.269 e. The van der Waals surface area contributed by atoms with Crippen molar-refractivity contribution >= 4 is 17.5 Å². The third kappa shape index (κ3) is 7.42. The quantitative estimate of drug-likeness (QED) is 0.156. The molecule has 44 heavy (non-hydrogen) atoms. The van der Waals surface area contributed by atoms with E-state index in [1.165, 1.54) is 17.7 Å². The Morgan fingerprint density at radius 1 is 0.932 bits per heavy atom. The molecule has 1 aliphatic carbocycles. The first-order chi connectivity index (χ1) is 21.3. The highest BCUT2D eigenvalue weighted by molar-refractivity contribution is 5.94. The van der Waals surface area contributed by atoms with Crippen molar-refractivity contribution in [1.29, 1.82) is 0 Å². The standard InChI is InChI=1S/C36H42N4O4/c1-3-20-39(35(41)23-27-14-16-32(17-15-27)40(43)44)31-18-21-38(22-19-31)26-30-24-33(25-34(30)28-10-6-4-7-11-28)37(2)36(42)29-12-8-5-9-13-29/h3-17,30-31,33-34H,1,18-26H2,2H3. The minimum absolute atomic E-state index is 0.0195. The number of non-ortho nitro benzene ring substituents is 1. The van der Waals surface area contributed by atoms with E-state index in [9.17, 15) is 19.7 Å². The van der Waals surface area contributed by atoms with Gasteiger partial charge in [-0.05, 0) is 60.8 Å². The summed E-state index contributed by atoms with van der Waals surface area (Å²) in [6, 6.07) is 26.7. The van der Waals surface area contributed by atoms with Gasteiger partial charge in [0, 0.05) is 63.0 Å². The Morgan fingerprint density at radius 2 is 1.57 bits per heavy atom. The van der Waals surface area contributed by atoms with E-state index < -0.39 is 4.92 Å². The molecule has 0 bridgehead atoms. The van der Waals surface area contributed by atoms with Crippen LogP contribution in [0.2, 0.25) is 0 Å². The van der Waals surface area contributed by atoms with Crippen LogP contribution in [0, 0.1) is 16.0 Å². The van der Waals surface area contributed by atoms with Crippen LogP contribution in [0.5, 0.6) is 0 Å². The van der Waals surface area contributed by atoms with Gasteiger partial charge in [-0.25, -0.2) is 0 Å². The number of carbonyl (C=O) groups is 2. The second-order valence-corrected chi connectivity index (χ2v) is 12.2. The molecule has 8 nitrogen and oxygen atoms in total. The van der Waals surface area contributed by atoms with E-state index in [4.69, 9.17) is 0 Å². The molecule has 1 saturated carbocycles. The molecular weight excluding hydrogens is 552 g/mol. The van der Waals surface area contributed by atoms with Gasteiger partial charge in [0.25, 0.3) is 11.6 Å². The summed E-state index contributed by atoms with van der Waals surface area (Å²) in [5.74, 6) is 0.902. The van der Waals surface area contributed by atoms with Gasteiger partial charge in [-0.2, -0.15) is 0 Å². The number of nitro groups is 1. The molecule has 0 aromatic heterocycles. The molecule has 3 atom stereocenters. The van der Waals surface area contributed by atoms with Crippen molar-refractivity contribution in [2.45, 2.75) is 50.1 Å². The lowest BCUT2D eigenvalue weighted by Crippen LogP contribution is -2.48. The van der Waals surface area contributed by atoms with E-state index >= 15 is 0 Å². The average Bonchev–Trinajstić information content (AvgIpc) is 3.48. The highest BCUT2D eigenvalue weighted by atomic mass is 16.6. The second kappa shape index (κ2) is 14.4. The van der Waals surface area contributed by atoms with Crippen LogP contribution in [0.4, 0.5) is 5.69 Å². The van der Waals surface area contributed by atoms with Crippen LogP contribution in [0.25, 0.3) is 0 Å². The number of nitro benzene ring substituents is 1. The van der Waals surface area contributed by atoms with E-state index in [2.05, 4.69) is 41.8 Å². The van der Waals surface area contributed by atoms with Crippen LogP contribution in [0.15, 0.2) is 97.6 Å². The van der Waals surface area contributed by atoms with Crippen molar-refractivity contribution in [3.8, 4) is 0 Å². The first-order valence-electron chi connectivity index (χ1n) is 15.6. The molecule has 0 spiro atoms. The molecule has 5 rings (SSSR count). The molecule has 0 N–H and O–H groups in total. The summed E-state index contributed by atoms with van der Waals surface area (Å²) < 4.78 is 0. The lowest BCUT2D eigenvalue weighted by atomic mass is 9.88. The number of carbonyl (C=O) groups excluding carboxylic acids is 2. The Labute approximate surface area is 260 Å². The number of likely N-dealkylation sites (tertiary alicyclic amines) is 1. The molecule has 2 fully saturated rings. The third-order valence-electron chi connectivity index (χ3n) is 9.43. The van der Waals surface area contributed by atoms with Gasteiger partial charge in [-0.1, -0.05) is 66.7 Å². The summed E-state index contributed by atoms with van der Waals surface area (Å²) in [4.78, 5) is 43.6. The van der Waals surface area contributed by atoms with Crippen LogP contribution in [0.1, 0.15) is 53.1 Å². The van der Waals surface area contributed by atoms with Crippen molar-refractivity contribution in [1.82, 2.24) is 14.7 Å². The summed E-state index contributed by atoms with van der Waals surface area (Å²) in [7, 11) is 1.94. The molecule has 1 aliphatic heterocycles. The lowest BCUT2D eigenvalue weighted by Gasteiger charge is -2.39. The number of piperidine rings is 1. The van der Waals surface area contributed by atoms with E-state index in [0.717, 1.165) is 56.4 Å². The van der Waals surface area contributed by atoms with Gasteiger partial charge in [-0.15, -0.1) is 6.58 Å². The average molecular weight is 595 g/mol. The van der Waals surface area contributed by atoms with E-state index in [1.807, 2.05) is 47.2 Å². The molecule has 1 saturated heterocycles. The number of nitrogens with zero attached hydrogens (tertiary/aromatic N) is 4. The molecule has 1 heterocycles. The van der Waals surface area contributed by atoms with E-state index in [-0.39, 0.29) is 36.0 Å². The number of rotatable bonds is 11. The summed E-state index contributed by atoms with van der Waals surface area (Å²) in [5, 5.41) is 11.0. The number of benzene rings is 3. The number of hydrogen-bond donors (Lipinski definition) is 0. The molecule has 3 aromatic rings. The highest BCUT2D eigenvalue weighted by Gasteiger charge is 2.40. The molecule has 3 aromatic carbocycles. The Kier molecular flexibility index (Phi) is 10.2. The molecule has 2 aliphatic rings. The van der Waals surface area contributed by atoms with Gasteiger partial charge in [0.05, 0.1) is 11.3 Å². The first kappa shape index (κ1) is 31.1. The Morgan fingerprint density at radius 3 is 2.18 bits per heavy atom. The summed E-state index contributed by atoms with van der Waals surface area (Å²) in [5.41, 5.74) is 2.85. The number of hydrogen-bond acceptors (Lipinski definition) is 5. The zero-order valence-corrected chi connectivity index (χ0v) is 25.5. The Balaban J connectivity index is 1.21. The monoisotopic (exact) mass is 594 g/mol. The van der Waals surface area contributed by atoms with Gasteiger partial charge in [-0.3, -0.25) is 19.7 Å².